The number of nitrogens with zero attached hydrogens (tertiary/aromatic N) is 2. The number of carbonyl (C=O) groups excluding carboxylic acids is 1. The minimum atomic E-state index is -0.507. The van der Waals surface area contributed by atoms with Crippen LogP contribution in [0.2, 0.25) is 0 Å². The first-order valence-electron chi connectivity index (χ1n) is 8.63. The fourth-order valence-electron chi connectivity index (χ4n) is 3.07. The van der Waals surface area contributed by atoms with Gasteiger partial charge in [-0.3, -0.25) is 18.7 Å². The molecule has 7 nitrogen and oxygen atoms in total. The molecule has 0 aliphatic carbocycles. The highest BCUT2D eigenvalue weighted by molar-refractivity contribution is 5.92. The molecule has 0 fully saturated rings. The van der Waals surface area contributed by atoms with Crippen LogP contribution in [0.15, 0.2) is 52.1 Å². The Kier molecular flexibility index (Phi) is 5.12. The fraction of sp³-hybridized carbons (Fsp3) is 0.250. The Hall–Kier alpha value is -3.35. The summed E-state index contributed by atoms with van der Waals surface area (Å²) in [5.74, 6) is 0.0295. The van der Waals surface area contributed by atoms with E-state index in [2.05, 4.69) is 5.32 Å². The van der Waals surface area contributed by atoms with Crippen LogP contribution in [-0.2, 0) is 17.9 Å². The zero-order valence-electron chi connectivity index (χ0n) is 15.5. The maximum atomic E-state index is 12.7. The summed E-state index contributed by atoms with van der Waals surface area (Å²) < 4.78 is 7.69. The molecule has 0 saturated carbocycles. The number of amides is 1. The number of benzene rings is 2. The van der Waals surface area contributed by atoms with Gasteiger partial charge in [0.15, 0.2) is 0 Å². The molecule has 0 spiro atoms. The van der Waals surface area contributed by atoms with Gasteiger partial charge in [-0.25, -0.2) is 4.79 Å². The number of para-hydroxylation sites is 1. The van der Waals surface area contributed by atoms with Crippen molar-refractivity contribution in [1.82, 2.24) is 9.13 Å². The number of hydrogen-bond donors (Lipinski definition) is 1. The number of aryl methyl sites for hydroxylation is 2. The topological polar surface area (TPSA) is 82.3 Å². The Labute approximate surface area is 155 Å². The predicted octanol–water partition coefficient (Wildman–Crippen LogP) is 2.14. The van der Waals surface area contributed by atoms with Gasteiger partial charge in [0.25, 0.3) is 5.56 Å². The number of anilines is 1. The molecule has 7 heteroatoms. The zero-order chi connectivity index (χ0) is 19.6. The smallest absolute Gasteiger partial charge is 0.331 e. The van der Waals surface area contributed by atoms with E-state index in [1.54, 1.807) is 36.4 Å². The molecule has 1 amide bonds. The van der Waals surface area contributed by atoms with Crippen molar-refractivity contribution in [3.8, 4) is 5.75 Å². The van der Waals surface area contributed by atoms with Gasteiger partial charge >= 0.3 is 5.69 Å². The zero-order valence-corrected chi connectivity index (χ0v) is 15.5. The van der Waals surface area contributed by atoms with Gasteiger partial charge in [-0.05, 0) is 43.7 Å². The van der Waals surface area contributed by atoms with E-state index in [9.17, 15) is 14.4 Å². The number of nitrogens with one attached hydrogen (secondary N) is 1. The van der Waals surface area contributed by atoms with Crippen LogP contribution in [0.25, 0.3) is 10.9 Å². The summed E-state index contributed by atoms with van der Waals surface area (Å²) in [5, 5.41) is 3.12. The Bertz CT molecular complexity index is 1130. The van der Waals surface area contributed by atoms with Crippen LogP contribution in [0.1, 0.15) is 12.5 Å². The molecule has 0 radical (unpaired) electrons. The van der Waals surface area contributed by atoms with E-state index >= 15 is 0 Å². The second-order valence-corrected chi connectivity index (χ2v) is 6.19. The molecule has 0 aliphatic rings. The summed E-state index contributed by atoms with van der Waals surface area (Å²) in [7, 11) is 1.51. The average Bonchev–Trinajstić information content (AvgIpc) is 2.66. The molecular weight excluding hydrogens is 346 g/mol. The molecule has 140 valence electrons. The van der Waals surface area contributed by atoms with Crippen molar-refractivity contribution in [2.45, 2.75) is 26.9 Å². The summed E-state index contributed by atoms with van der Waals surface area (Å²) in [6.07, 6.45) is 0. The first-order chi connectivity index (χ1) is 13.0. The van der Waals surface area contributed by atoms with Gasteiger partial charge in [0.2, 0.25) is 5.91 Å². The molecule has 2 aromatic carbocycles. The van der Waals surface area contributed by atoms with Crippen LogP contribution in [0.3, 0.4) is 0 Å². The van der Waals surface area contributed by atoms with Crippen molar-refractivity contribution < 1.29 is 9.53 Å². The van der Waals surface area contributed by atoms with E-state index in [-0.39, 0.29) is 6.54 Å². The molecule has 0 saturated heterocycles. The molecule has 0 unspecified atom stereocenters. The number of hydrogen-bond acceptors (Lipinski definition) is 4. The third kappa shape index (κ3) is 3.48. The van der Waals surface area contributed by atoms with Gasteiger partial charge in [-0.15, -0.1) is 0 Å². The quantitative estimate of drug-likeness (QED) is 0.749. The van der Waals surface area contributed by atoms with Gasteiger partial charge in [-0.1, -0.05) is 18.2 Å². The van der Waals surface area contributed by atoms with Crippen LogP contribution >= 0.6 is 0 Å². The van der Waals surface area contributed by atoms with Crippen molar-refractivity contribution in [3.05, 3.63) is 68.9 Å². The Morgan fingerprint density at radius 2 is 1.85 bits per heavy atom. The van der Waals surface area contributed by atoms with Crippen LogP contribution in [0.4, 0.5) is 5.69 Å². The molecular formula is C20H21N3O4. The van der Waals surface area contributed by atoms with Gasteiger partial charge in [0.1, 0.15) is 12.3 Å². The number of carbonyl (C=O) groups is 1. The second kappa shape index (κ2) is 7.49. The minimum absolute atomic E-state index is 0.375. The second-order valence-electron chi connectivity index (χ2n) is 6.19. The number of rotatable bonds is 5. The third-order valence-corrected chi connectivity index (χ3v) is 4.38. The SMILES string of the molecule is CCn1c(=O)n(CC(=O)Nc2cc(C)ccc2OC)c(=O)c2ccccc21. The molecule has 0 atom stereocenters. The summed E-state index contributed by atoms with van der Waals surface area (Å²) in [5.41, 5.74) is 1.01. The molecule has 27 heavy (non-hydrogen) atoms. The summed E-state index contributed by atoms with van der Waals surface area (Å²) >= 11 is 0. The molecule has 3 rings (SSSR count). The van der Waals surface area contributed by atoms with E-state index in [4.69, 9.17) is 4.74 Å². The highest BCUT2D eigenvalue weighted by Gasteiger charge is 2.15. The number of ether oxygens (including phenoxy) is 1. The molecule has 1 N–H and O–H groups in total. The van der Waals surface area contributed by atoms with E-state index in [0.717, 1.165) is 10.1 Å². The predicted molar refractivity (Wildman–Crippen MR) is 105 cm³/mol. The lowest BCUT2D eigenvalue weighted by atomic mass is 10.2. The van der Waals surface area contributed by atoms with Crippen molar-refractivity contribution in [2.24, 2.45) is 0 Å². The summed E-state index contributed by atoms with van der Waals surface area (Å²) in [4.78, 5) is 38.0. The number of methoxy groups -OCH3 is 1. The summed E-state index contributed by atoms with van der Waals surface area (Å²) in [6.45, 7) is 3.73. The van der Waals surface area contributed by atoms with Crippen molar-refractivity contribution in [1.29, 1.82) is 0 Å². The number of aromatic nitrogens is 2. The highest BCUT2D eigenvalue weighted by Crippen LogP contribution is 2.25. The molecule has 1 heterocycles. The molecule has 0 aliphatic heterocycles. The van der Waals surface area contributed by atoms with Gasteiger partial charge in [0, 0.05) is 6.54 Å². The standard InChI is InChI=1S/C20H21N3O4/c1-4-22-16-8-6-5-7-14(16)19(25)23(20(22)26)12-18(24)21-15-11-13(2)9-10-17(15)27-3/h5-11H,4,12H2,1-3H3,(H,21,24). The monoisotopic (exact) mass is 367 g/mol. The lowest BCUT2D eigenvalue weighted by Crippen LogP contribution is -2.42. The van der Waals surface area contributed by atoms with Crippen LogP contribution in [0, 0.1) is 6.92 Å². The van der Waals surface area contributed by atoms with Gasteiger partial charge < -0.3 is 10.1 Å². The first-order valence-corrected chi connectivity index (χ1v) is 8.63. The van der Waals surface area contributed by atoms with Gasteiger partial charge in [-0.2, -0.15) is 0 Å². The molecule has 0 bridgehead atoms. The van der Waals surface area contributed by atoms with E-state index in [0.29, 0.717) is 28.9 Å². The Morgan fingerprint density at radius 3 is 2.56 bits per heavy atom. The highest BCUT2D eigenvalue weighted by atomic mass is 16.5. The van der Waals surface area contributed by atoms with E-state index in [1.807, 2.05) is 19.9 Å². The maximum absolute atomic E-state index is 12.7. The van der Waals surface area contributed by atoms with Gasteiger partial charge in [0.05, 0.1) is 23.7 Å². The van der Waals surface area contributed by atoms with Crippen LogP contribution in [0.5, 0.6) is 5.75 Å². The van der Waals surface area contributed by atoms with Crippen molar-refractivity contribution >= 4 is 22.5 Å². The van der Waals surface area contributed by atoms with E-state index in [1.165, 1.54) is 11.7 Å². The lowest BCUT2D eigenvalue weighted by molar-refractivity contribution is -0.116. The lowest BCUT2D eigenvalue weighted by Gasteiger charge is -2.14. The van der Waals surface area contributed by atoms with Crippen LogP contribution < -0.4 is 21.3 Å². The molecule has 1 aromatic heterocycles. The third-order valence-electron chi connectivity index (χ3n) is 4.38. The summed E-state index contributed by atoms with van der Waals surface area (Å²) in [6, 6.07) is 12.3. The minimum Gasteiger partial charge on any atom is -0.495 e. The normalized spacial score (nSPS) is 10.8. The average molecular weight is 367 g/mol. The van der Waals surface area contributed by atoms with Crippen molar-refractivity contribution in [3.63, 3.8) is 0 Å². The van der Waals surface area contributed by atoms with E-state index < -0.39 is 17.2 Å². The number of fused-ring (bicyclic) bond motifs is 1. The maximum Gasteiger partial charge on any atom is 0.331 e. The van der Waals surface area contributed by atoms with Crippen LogP contribution in [-0.4, -0.2) is 22.2 Å². The van der Waals surface area contributed by atoms with Crippen molar-refractivity contribution in [2.75, 3.05) is 12.4 Å². The fourth-order valence-corrected chi connectivity index (χ4v) is 3.07. The Morgan fingerprint density at radius 1 is 1.11 bits per heavy atom. The Balaban J connectivity index is 2.00. The molecule has 3 aromatic rings. The largest absolute Gasteiger partial charge is 0.495 e. The first kappa shape index (κ1) is 18.4.